The monoisotopic (exact) mass is 268 g/mol. The maximum Gasteiger partial charge on any atom is 0.410 e. The molecule has 2 aliphatic rings. The molecule has 2 atom stereocenters. The lowest BCUT2D eigenvalue weighted by Crippen LogP contribution is -2.42. The highest BCUT2D eigenvalue weighted by Gasteiger charge is 2.46. The third kappa shape index (κ3) is 3.22. The molecule has 110 valence electrons. The van der Waals surface area contributed by atoms with E-state index < -0.39 is 5.60 Å². The van der Waals surface area contributed by atoms with Gasteiger partial charge in [-0.3, -0.25) is 0 Å². The minimum atomic E-state index is -0.410. The molecule has 4 nitrogen and oxygen atoms in total. The first kappa shape index (κ1) is 14.6. The molecule has 2 unspecified atom stereocenters. The van der Waals surface area contributed by atoms with Crippen LogP contribution >= 0.6 is 0 Å². The summed E-state index contributed by atoms with van der Waals surface area (Å²) in [6, 6.07) is 0. The molecule has 1 amide bonds. The molecule has 0 aromatic rings. The average Bonchev–Trinajstić information content (AvgIpc) is 2.73. The summed E-state index contributed by atoms with van der Waals surface area (Å²) in [5.74, 6) is 0.577. The van der Waals surface area contributed by atoms with Gasteiger partial charge in [0, 0.05) is 13.1 Å². The van der Waals surface area contributed by atoms with Gasteiger partial charge in [0.05, 0.1) is 0 Å². The number of carbonyl (C=O) groups is 1. The maximum absolute atomic E-state index is 12.2. The number of hydrogen-bond donors (Lipinski definition) is 1. The van der Waals surface area contributed by atoms with Gasteiger partial charge in [-0.2, -0.15) is 0 Å². The number of amides is 1. The van der Waals surface area contributed by atoms with Crippen molar-refractivity contribution in [3.8, 4) is 0 Å². The molecule has 1 heterocycles. The SMILES string of the molecule is CC(C)(C)OC(=O)N1CCC2(CCCCC2CN)C1. The van der Waals surface area contributed by atoms with Gasteiger partial charge in [-0.25, -0.2) is 4.79 Å². The van der Waals surface area contributed by atoms with Gasteiger partial charge in [-0.05, 0) is 57.9 Å². The first-order chi connectivity index (χ1) is 8.86. The minimum Gasteiger partial charge on any atom is -0.444 e. The van der Waals surface area contributed by atoms with Crippen molar-refractivity contribution in [2.24, 2.45) is 17.1 Å². The summed E-state index contributed by atoms with van der Waals surface area (Å²) in [5.41, 5.74) is 5.80. The van der Waals surface area contributed by atoms with Gasteiger partial charge in [0.15, 0.2) is 0 Å². The molecule has 1 saturated heterocycles. The van der Waals surface area contributed by atoms with Crippen molar-refractivity contribution in [2.75, 3.05) is 19.6 Å². The lowest BCUT2D eigenvalue weighted by molar-refractivity contribution is 0.0232. The maximum atomic E-state index is 12.2. The van der Waals surface area contributed by atoms with Gasteiger partial charge in [0.25, 0.3) is 0 Å². The zero-order valence-corrected chi connectivity index (χ0v) is 12.6. The van der Waals surface area contributed by atoms with Crippen molar-refractivity contribution in [1.82, 2.24) is 4.90 Å². The summed E-state index contributed by atoms with van der Waals surface area (Å²) < 4.78 is 5.48. The number of likely N-dealkylation sites (tertiary alicyclic amines) is 1. The Labute approximate surface area is 116 Å². The average molecular weight is 268 g/mol. The number of nitrogens with two attached hydrogens (primary N) is 1. The van der Waals surface area contributed by atoms with E-state index in [4.69, 9.17) is 10.5 Å². The molecule has 1 saturated carbocycles. The highest BCUT2D eigenvalue weighted by atomic mass is 16.6. The predicted octanol–water partition coefficient (Wildman–Crippen LogP) is 2.76. The van der Waals surface area contributed by atoms with E-state index in [-0.39, 0.29) is 11.5 Å². The molecule has 19 heavy (non-hydrogen) atoms. The zero-order valence-electron chi connectivity index (χ0n) is 12.6. The van der Waals surface area contributed by atoms with E-state index in [2.05, 4.69) is 0 Å². The van der Waals surface area contributed by atoms with E-state index in [0.717, 1.165) is 26.1 Å². The van der Waals surface area contributed by atoms with Gasteiger partial charge >= 0.3 is 6.09 Å². The number of nitrogens with zero attached hydrogens (tertiary/aromatic N) is 1. The van der Waals surface area contributed by atoms with Crippen LogP contribution in [0.4, 0.5) is 4.79 Å². The third-order valence-electron chi connectivity index (χ3n) is 4.66. The van der Waals surface area contributed by atoms with E-state index in [9.17, 15) is 4.79 Å². The van der Waals surface area contributed by atoms with E-state index in [1.54, 1.807) is 0 Å². The van der Waals surface area contributed by atoms with Crippen LogP contribution in [0.2, 0.25) is 0 Å². The van der Waals surface area contributed by atoms with Crippen LogP contribution in [0.5, 0.6) is 0 Å². The third-order valence-corrected chi connectivity index (χ3v) is 4.66. The molecule has 4 heteroatoms. The number of ether oxygens (including phenoxy) is 1. The molecule has 0 bridgehead atoms. The highest BCUT2D eigenvalue weighted by molar-refractivity contribution is 5.68. The van der Waals surface area contributed by atoms with Gasteiger partial charge in [0.1, 0.15) is 5.60 Å². The Balaban J connectivity index is 2.00. The van der Waals surface area contributed by atoms with Crippen LogP contribution in [-0.2, 0) is 4.74 Å². The molecule has 0 aromatic carbocycles. The lowest BCUT2D eigenvalue weighted by Gasteiger charge is -2.41. The van der Waals surface area contributed by atoms with Gasteiger partial charge in [-0.1, -0.05) is 12.8 Å². The molecule has 2 N–H and O–H groups in total. The summed E-state index contributed by atoms with van der Waals surface area (Å²) in [5, 5.41) is 0. The smallest absolute Gasteiger partial charge is 0.410 e. The second-order valence-electron chi connectivity index (χ2n) is 7.19. The fraction of sp³-hybridized carbons (Fsp3) is 0.933. The van der Waals surface area contributed by atoms with Gasteiger partial charge < -0.3 is 15.4 Å². The van der Waals surface area contributed by atoms with Gasteiger partial charge in [-0.15, -0.1) is 0 Å². The first-order valence-electron chi connectivity index (χ1n) is 7.54. The quantitative estimate of drug-likeness (QED) is 0.795. The second kappa shape index (κ2) is 5.31. The van der Waals surface area contributed by atoms with E-state index in [0.29, 0.717) is 5.92 Å². The Kier molecular flexibility index (Phi) is 4.09. The molecule has 2 fully saturated rings. The Morgan fingerprint density at radius 3 is 2.74 bits per heavy atom. The minimum absolute atomic E-state index is 0.161. The zero-order chi connectivity index (χ0) is 14.1. The first-order valence-corrected chi connectivity index (χ1v) is 7.54. The van der Waals surface area contributed by atoms with Crippen molar-refractivity contribution in [1.29, 1.82) is 0 Å². The molecule has 2 rings (SSSR count). The number of carbonyl (C=O) groups excluding carboxylic acids is 1. The van der Waals surface area contributed by atoms with Gasteiger partial charge in [0.2, 0.25) is 0 Å². The number of rotatable bonds is 1. The Bertz CT molecular complexity index is 338. The van der Waals surface area contributed by atoms with Crippen molar-refractivity contribution in [2.45, 2.75) is 58.5 Å². The fourth-order valence-electron chi connectivity index (χ4n) is 3.66. The second-order valence-corrected chi connectivity index (χ2v) is 7.19. The molecule has 1 aliphatic heterocycles. The van der Waals surface area contributed by atoms with Crippen molar-refractivity contribution >= 4 is 6.09 Å². The van der Waals surface area contributed by atoms with Crippen LogP contribution in [0.15, 0.2) is 0 Å². The Hall–Kier alpha value is -0.770. The van der Waals surface area contributed by atoms with E-state index >= 15 is 0 Å². The predicted molar refractivity (Wildman–Crippen MR) is 75.9 cm³/mol. The lowest BCUT2D eigenvalue weighted by atomic mass is 9.66. The molecular formula is C15H28N2O2. The molecule has 0 radical (unpaired) electrons. The standard InChI is InChI=1S/C15H28N2O2/c1-14(2,3)19-13(18)17-9-8-15(11-17)7-5-4-6-12(15)10-16/h12H,4-11,16H2,1-3H3. The van der Waals surface area contributed by atoms with E-state index in [1.165, 1.54) is 25.7 Å². The largest absolute Gasteiger partial charge is 0.444 e. The van der Waals surface area contributed by atoms with Crippen LogP contribution in [-0.4, -0.2) is 36.2 Å². The summed E-state index contributed by atoms with van der Waals surface area (Å²) in [7, 11) is 0. The Morgan fingerprint density at radius 1 is 1.37 bits per heavy atom. The van der Waals surface area contributed by atoms with Crippen LogP contribution in [0.3, 0.4) is 0 Å². The van der Waals surface area contributed by atoms with Crippen LogP contribution in [0, 0.1) is 11.3 Å². The van der Waals surface area contributed by atoms with Crippen molar-refractivity contribution < 1.29 is 9.53 Å². The molecule has 0 aromatic heterocycles. The summed E-state index contributed by atoms with van der Waals surface area (Å²) >= 11 is 0. The van der Waals surface area contributed by atoms with Crippen LogP contribution in [0.25, 0.3) is 0 Å². The summed E-state index contributed by atoms with van der Waals surface area (Å²) in [4.78, 5) is 14.0. The van der Waals surface area contributed by atoms with Crippen LogP contribution < -0.4 is 5.73 Å². The van der Waals surface area contributed by atoms with Crippen molar-refractivity contribution in [3.63, 3.8) is 0 Å². The topological polar surface area (TPSA) is 55.6 Å². The molecule has 1 spiro atoms. The van der Waals surface area contributed by atoms with Crippen molar-refractivity contribution in [3.05, 3.63) is 0 Å². The number of hydrogen-bond acceptors (Lipinski definition) is 3. The summed E-state index contributed by atoms with van der Waals surface area (Å²) in [6.07, 6.45) is 5.93. The summed E-state index contributed by atoms with van der Waals surface area (Å²) in [6.45, 7) is 8.16. The Morgan fingerprint density at radius 2 is 2.11 bits per heavy atom. The van der Waals surface area contributed by atoms with Crippen LogP contribution in [0.1, 0.15) is 52.9 Å². The highest BCUT2D eigenvalue weighted by Crippen LogP contribution is 2.47. The normalized spacial score (nSPS) is 31.8. The van der Waals surface area contributed by atoms with E-state index in [1.807, 2.05) is 25.7 Å². The fourth-order valence-corrected chi connectivity index (χ4v) is 3.66. The molecule has 1 aliphatic carbocycles. The molecular weight excluding hydrogens is 240 g/mol.